The Morgan fingerprint density at radius 2 is 2.21 bits per heavy atom. The van der Waals surface area contributed by atoms with Crippen LogP contribution in [0.5, 0.6) is 5.75 Å². The first kappa shape index (κ1) is 8.69. The largest absolute Gasteiger partial charge is 0.508 e. The van der Waals surface area contributed by atoms with Gasteiger partial charge in [-0.25, -0.2) is 0 Å². The van der Waals surface area contributed by atoms with E-state index in [1.807, 2.05) is 12.1 Å². The second kappa shape index (κ2) is 3.46. The molecule has 2 aromatic rings. The average Bonchev–Trinajstić information content (AvgIpc) is 2.56. The van der Waals surface area contributed by atoms with E-state index in [4.69, 9.17) is 10.2 Å². The predicted octanol–water partition coefficient (Wildman–Crippen LogP) is 2.15. The van der Waals surface area contributed by atoms with Gasteiger partial charge in [-0.15, -0.1) is 0 Å². The van der Waals surface area contributed by atoms with Gasteiger partial charge in [-0.1, -0.05) is 6.08 Å². The molecular weight excluding hydrogens is 178 g/mol. The molecule has 0 bridgehead atoms. The number of hydrogen-bond acceptors (Lipinski definition) is 3. The molecule has 72 valence electrons. The number of benzene rings is 1. The van der Waals surface area contributed by atoms with E-state index in [0.29, 0.717) is 6.42 Å². The minimum atomic E-state index is 0.249. The van der Waals surface area contributed by atoms with Gasteiger partial charge < -0.3 is 15.3 Å². The molecule has 0 unspecified atom stereocenters. The van der Waals surface area contributed by atoms with Crippen molar-refractivity contribution in [2.24, 2.45) is 5.73 Å². The van der Waals surface area contributed by atoms with E-state index in [1.54, 1.807) is 18.2 Å². The number of fused-ring (bicyclic) bond motifs is 1. The van der Waals surface area contributed by atoms with Crippen LogP contribution in [-0.2, 0) is 6.42 Å². The van der Waals surface area contributed by atoms with Crippen molar-refractivity contribution < 1.29 is 9.52 Å². The number of hydrogen-bond donors (Lipinski definition) is 2. The summed E-state index contributed by atoms with van der Waals surface area (Å²) < 4.78 is 5.51. The number of nitrogens with two attached hydrogens (primary N) is 1. The minimum Gasteiger partial charge on any atom is -0.508 e. The summed E-state index contributed by atoms with van der Waals surface area (Å²) in [5, 5.41) is 10.1. The van der Waals surface area contributed by atoms with Gasteiger partial charge in [0.1, 0.15) is 17.1 Å². The Balaban J connectivity index is 2.41. The van der Waals surface area contributed by atoms with Gasteiger partial charge in [0.25, 0.3) is 0 Å². The molecule has 2 rings (SSSR count). The van der Waals surface area contributed by atoms with E-state index in [9.17, 15) is 5.11 Å². The van der Waals surface area contributed by atoms with Gasteiger partial charge in [0.2, 0.25) is 0 Å². The third-order valence-corrected chi connectivity index (χ3v) is 2.01. The van der Waals surface area contributed by atoms with Crippen molar-refractivity contribution in [1.29, 1.82) is 0 Å². The van der Waals surface area contributed by atoms with Crippen LogP contribution in [0.2, 0.25) is 0 Å². The molecule has 1 heterocycles. The lowest BCUT2D eigenvalue weighted by atomic mass is 10.2. The van der Waals surface area contributed by atoms with E-state index in [2.05, 4.69) is 0 Å². The third kappa shape index (κ3) is 1.57. The first-order chi connectivity index (χ1) is 6.79. The van der Waals surface area contributed by atoms with Crippen molar-refractivity contribution in [1.82, 2.24) is 0 Å². The summed E-state index contributed by atoms with van der Waals surface area (Å²) in [5.74, 6) is 1.09. The second-order valence-corrected chi connectivity index (χ2v) is 3.07. The molecule has 1 aromatic carbocycles. The number of allylic oxidation sites excluding steroid dienone is 1. The fourth-order valence-corrected chi connectivity index (χ4v) is 1.37. The number of phenolic OH excluding ortho intramolecular Hbond substituents is 1. The van der Waals surface area contributed by atoms with Crippen molar-refractivity contribution >= 4 is 11.0 Å². The zero-order valence-corrected chi connectivity index (χ0v) is 7.60. The normalized spacial score (nSPS) is 11.4. The van der Waals surface area contributed by atoms with Gasteiger partial charge in [-0.3, -0.25) is 0 Å². The maximum atomic E-state index is 9.24. The van der Waals surface area contributed by atoms with Gasteiger partial charge in [0.05, 0.1) is 0 Å². The second-order valence-electron chi connectivity index (χ2n) is 3.07. The SMILES string of the molecule is NC=CCc1cc2cc(O)ccc2o1. The highest BCUT2D eigenvalue weighted by molar-refractivity contribution is 5.79. The maximum Gasteiger partial charge on any atom is 0.134 e. The molecule has 0 aliphatic carbocycles. The van der Waals surface area contributed by atoms with E-state index >= 15 is 0 Å². The molecule has 0 fully saturated rings. The monoisotopic (exact) mass is 189 g/mol. The average molecular weight is 189 g/mol. The lowest BCUT2D eigenvalue weighted by Crippen LogP contribution is -1.79. The van der Waals surface area contributed by atoms with Crippen LogP contribution in [0.4, 0.5) is 0 Å². The number of aromatic hydroxyl groups is 1. The standard InChI is InChI=1S/C11H11NO2/c12-5-1-2-10-7-8-6-9(13)3-4-11(8)14-10/h1,3-7,13H,2,12H2. The number of furan rings is 1. The Morgan fingerprint density at radius 3 is 3.00 bits per heavy atom. The van der Waals surface area contributed by atoms with Crippen LogP contribution < -0.4 is 5.73 Å². The van der Waals surface area contributed by atoms with Crippen LogP contribution in [0.3, 0.4) is 0 Å². The highest BCUT2D eigenvalue weighted by Gasteiger charge is 2.02. The van der Waals surface area contributed by atoms with Crippen molar-refractivity contribution in [2.45, 2.75) is 6.42 Å². The summed E-state index contributed by atoms with van der Waals surface area (Å²) in [5.41, 5.74) is 6.01. The van der Waals surface area contributed by atoms with Crippen molar-refractivity contribution in [3.63, 3.8) is 0 Å². The Hall–Kier alpha value is -1.90. The summed E-state index contributed by atoms with van der Waals surface area (Å²) in [7, 11) is 0. The van der Waals surface area contributed by atoms with Gasteiger partial charge >= 0.3 is 0 Å². The quantitative estimate of drug-likeness (QED) is 0.761. The van der Waals surface area contributed by atoms with E-state index in [1.165, 1.54) is 6.20 Å². The molecule has 0 saturated carbocycles. The summed E-state index contributed by atoms with van der Waals surface area (Å²) in [6.45, 7) is 0. The first-order valence-electron chi connectivity index (χ1n) is 4.38. The molecule has 0 spiro atoms. The molecule has 1 aromatic heterocycles. The van der Waals surface area contributed by atoms with Crippen LogP contribution in [0.1, 0.15) is 5.76 Å². The molecule has 0 aliphatic rings. The zero-order chi connectivity index (χ0) is 9.97. The van der Waals surface area contributed by atoms with Crippen LogP contribution in [0, 0.1) is 0 Å². The summed E-state index contributed by atoms with van der Waals surface area (Å²) in [4.78, 5) is 0. The van der Waals surface area contributed by atoms with E-state index < -0.39 is 0 Å². The predicted molar refractivity (Wildman–Crippen MR) is 54.9 cm³/mol. The number of rotatable bonds is 2. The van der Waals surface area contributed by atoms with Crippen LogP contribution in [0.15, 0.2) is 41.0 Å². The molecule has 3 heteroatoms. The zero-order valence-electron chi connectivity index (χ0n) is 7.60. The Morgan fingerprint density at radius 1 is 1.36 bits per heavy atom. The molecular formula is C11H11NO2. The molecule has 0 radical (unpaired) electrons. The summed E-state index contributed by atoms with van der Waals surface area (Å²) in [6.07, 6.45) is 3.98. The van der Waals surface area contributed by atoms with Gasteiger partial charge in [0.15, 0.2) is 0 Å². The van der Waals surface area contributed by atoms with Crippen molar-refractivity contribution in [2.75, 3.05) is 0 Å². The smallest absolute Gasteiger partial charge is 0.134 e. The Bertz CT molecular complexity index is 471. The molecule has 0 amide bonds. The fraction of sp³-hybridized carbons (Fsp3) is 0.0909. The Labute approximate surface area is 81.4 Å². The van der Waals surface area contributed by atoms with Crippen molar-refractivity contribution in [3.8, 4) is 5.75 Å². The van der Waals surface area contributed by atoms with Gasteiger partial charge in [-0.05, 0) is 30.5 Å². The lowest BCUT2D eigenvalue weighted by Gasteiger charge is -1.88. The molecule has 0 atom stereocenters. The van der Waals surface area contributed by atoms with E-state index in [-0.39, 0.29) is 5.75 Å². The lowest BCUT2D eigenvalue weighted by molar-refractivity contribution is 0.475. The first-order valence-corrected chi connectivity index (χ1v) is 4.38. The van der Waals surface area contributed by atoms with Crippen LogP contribution in [-0.4, -0.2) is 5.11 Å². The summed E-state index contributed by atoms with van der Waals surface area (Å²) in [6, 6.07) is 6.93. The van der Waals surface area contributed by atoms with E-state index in [0.717, 1.165) is 16.7 Å². The van der Waals surface area contributed by atoms with Gasteiger partial charge in [0, 0.05) is 11.8 Å². The van der Waals surface area contributed by atoms with Crippen molar-refractivity contribution in [3.05, 3.63) is 42.3 Å². The molecule has 0 aliphatic heterocycles. The fourth-order valence-electron chi connectivity index (χ4n) is 1.37. The van der Waals surface area contributed by atoms with Crippen LogP contribution >= 0.6 is 0 Å². The van der Waals surface area contributed by atoms with Gasteiger partial charge in [-0.2, -0.15) is 0 Å². The minimum absolute atomic E-state index is 0.249. The maximum absolute atomic E-state index is 9.24. The molecule has 3 nitrogen and oxygen atoms in total. The highest BCUT2D eigenvalue weighted by atomic mass is 16.3. The molecule has 14 heavy (non-hydrogen) atoms. The third-order valence-electron chi connectivity index (χ3n) is 2.01. The highest BCUT2D eigenvalue weighted by Crippen LogP contribution is 2.23. The number of phenols is 1. The summed E-state index contributed by atoms with van der Waals surface area (Å²) >= 11 is 0. The molecule has 0 saturated heterocycles. The molecule has 3 N–H and O–H groups in total. The Kier molecular flexibility index (Phi) is 2.14. The van der Waals surface area contributed by atoms with Crippen LogP contribution in [0.25, 0.3) is 11.0 Å². The topological polar surface area (TPSA) is 59.4 Å².